The van der Waals surface area contributed by atoms with Crippen molar-refractivity contribution in [3.05, 3.63) is 52.5 Å². The minimum Gasteiger partial charge on any atom is -0.493 e. The molecule has 2 amide bonds. The van der Waals surface area contributed by atoms with Crippen LogP contribution in [0.3, 0.4) is 0 Å². The summed E-state index contributed by atoms with van der Waals surface area (Å²) in [6.07, 6.45) is 0.833. The number of rotatable bonds is 6. The van der Waals surface area contributed by atoms with E-state index in [4.69, 9.17) is 17.0 Å². The maximum Gasteiger partial charge on any atom is 0.261 e. The topological polar surface area (TPSA) is 79.5 Å². The molecule has 30 heavy (non-hydrogen) atoms. The van der Waals surface area contributed by atoms with E-state index in [0.29, 0.717) is 29.3 Å². The average molecular weight is 492 g/mol. The molecule has 0 saturated heterocycles. The van der Waals surface area contributed by atoms with Crippen LogP contribution in [0.1, 0.15) is 44.5 Å². The first kappa shape index (κ1) is 23.8. The molecule has 0 aromatic heterocycles. The first-order valence-electron chi connectivity index (χ1n) is 9.56. The summed E-state index contributed by atoms with van der Waals surface area (Å²) in [4.78, 5) is 24.9. The summed E-state index contributed by atoms with van der Waals surface area (Å²) in [6, 6.07) is 12.4. The van der Waals surface area contributed by atoms with Gasteiger partial charge in [0.2, 0.25) is 5.91 Å². The fraction of sp³-hybridized carbons (Fsp3) is 0.318. The van der Waals surface area contributed by atoms with Gasteiger partial charge < -0.3 is 15.4 Å². The van der Waals surface area contributed by atoms with Crippen LogP contribution in [-0.2, 0) is 4.79 Å². The Balaban J connectivity index is 2.06. The van der Waals surface area contributed by atoms with Crippen LogP contribution >= 0.6 is 28.1 Å². The van der Waals surface area contributed by atoms with E-state index >= 15 is 0 Å². The number of halogens is 1. The van der Waals surface area contributed by atoms with Crippen molar-refractivity contribution >= 4 is 56.4 Å². The highest BCUT2D eigenvalue weighted by Crippen LogP contribution is 2.24. The maximum atomic E-state index is 12.7. The molecule has 0 saturated carbocycles. The van der Waals surface area contributed by atoms with Crippen molar-refractivity contribution in [1.29, 1.82) is 0 Å². The second kappa shape index (κ2) is 10.5. The van der Waals surface area contributed by atoms with Crippen LogP contribution in [-0.4, -0.2) is 23.5 Å². The van der Waals surface area contributed by atoms with E-state index in [1.54, 1.807) is 36.4 Å². The Kier molecular flexibility index (Phi) is 8.37. The molecule has 0 aliphatic rings. The van der Waals surface area contributed by atoms with Gasteiger partial charge in [-0.1, -0.05) is 49.7 Å². The average Bonchev–Trinajstić information content (AvgIpc) is 2.66. The predicted octanol–water partition coefficient (Wildman–Crippen LogP) is 5.35. The summed E-state index contributed by atoms with van der Waals surface area (Å²) in [7, 11) is 0. The van der Waals surface area contributed by atoms with Crippen molar-refractivity contribution in [1.82, 2.24) is 5.32 Å². The number of anilines is 2. The van der Waals surface area contributed by atoms with Crippen LogP contribution in [0.25, 0.3) is 0 Å². The number of hydrogen-bond acceptors (Lipinski definition) is 4. The highest BCUT2D eigenvalue weighted by atomic mass is 79.9. The van der Waals surface area contributed by atoms with Crippen molar-refractivity contribution in [2.24, 2.45) is 5.41 Å². The molecule has 3 N–H and O–H groups in total. The van der Waals surface area contributed by atoms with E-state index in [-0.39, 0.29) is 16.9 Å². The van der Waals surface area contributed by atoms with Crippen LogP contribution < -0.4 is 20.7 Å². The summed E-state index contributed by atoms with van der Waals surface area (Å²) in [5.74, 6) is 0.0223. The van der Waals surface area contributed by atoms with E-state index in [9.17, 15) is 9.59 Å². The lowest BCUT2D eigenvalue weighted by molar-refractivity contribution is -0.123. The molecule has 2 aromatic carbocycles. The molecular formula is C22H26BrN3O3S. The molecule has 0 spiro atoms. The SMILES string of the molecule is CCCOc1ccc(Br)cc1C(=O)NC(=S)Nc1cccc(NC(=O)C(C)(C)C)c1. The van der Waals surface area contributed by atoms with Crippen molar-refractivity contribution < 1.29 is 14.3 Å². The van der Waals surface area contributed by atoms with Crippen molar-refractivity contribution in [2.45, 2.75) is 34.1 Å². The van der Waals surface area contributed by atoms with Gasteiger partial charge in [0.05, 0.1) is 12.2 Å². The number of carbonyl (C=O) groups excluding carboxylic acids is 2. The molecule has 0 heterocycles. The number of ether oxygens (including phenoxy) is 1. The second-order valence-electron chi connectivity index (χ2n) is 7.68. The lowest BCUT2D eigenvalue weighted by Crippen LogP contribution is -2.34. The number of benzene rings is 2. The number of carbonyl (C=O) groups is 2. The van der Waals surface area contributed by atoms with Gasteiger partial charge in [-0.3, -0.25) is 14.9 Å². The lowest BCUT2D eigenvalue weighted by Gasteiger charge is -2.18. The van der Waals surface area contributed by atoms with Gasteiger partial charge in [0.25, 0.3) is 5.91 Å². The van der Waals surface area contributed by atoms with Crippen LogP contribution in [0.5, 0.6) is 5.75 Å². The minimum atomic E-state index is -0.506. The van der Waals surface area contributed by atoms with E-state index in [1.807, 2.05) is 33.8 Å². The van der Waals surface area contributed by atoms with E-state index < -0.39 is 5.41 Å². The Labute approximate surface area is 190 Å². The number of nitrogens with one attached hydrogen (secondary N) is 3. The third-order valence-corrected chi connectivity index (χ3v) is 4.63. The molecule has 8 heteroatoms. The molecule has 0 atom stereocenters. The number of amides is 2. The molecule has 0 bridgehead atoms. The van der Waals surface area contributed by atoms with Gasteiger partial charge in [-0.05, 0) is 55.0 Å². The van der Waals surface area contributed by atoms with Crippen LogP contribution in [0, 0.1) is 5.41 Å². The molecule has 2 aromatic rings. The Morgan fingerprint density at radius 3 is 2.37 bits per heavy atom. The normalized spacial score (nSPS) is 10.8. The Hall–Kier alpha value is -2.45. The smallest absolute Gasteiger partial charge is 0.261 e. The summed E-state index contributed by atoms with van der Waals surface area (Å²) in [5.41, 5.74) is 1.15. The first-order chi connectivity index (χ1) is 14.1. The zero-order valence-corrected chi connectivity index (χ0v) is 19.9. The van der Waals surface area contributed by atoms with Gasteiger partial charge >= 0.3 is 0 Å². The quantitative estimate of drug-likeness (QED) is 0.474. The molecule has 6 nitrogen and oxygen atoms in total. The van der Waals surface area contributed by atoms with Crippen LogP contribution in [0.2, 0.25) is 0 Å². The van der Waals surface area contributed by atoms with Crippen molar-refractivity contribution in [3.8, 4) is 5.75 Å². The highest BCUT2D eigenvalue weighted by Gasteiger charge is 2.21. The minimum absolute atomic E-state index is 0.0928. The second-order valence-corrected chi connectivity index (χ2v) is 9.01. The molecule has 2 rings (SSSR count). The van der Waals surface area contributed by atoms with Crippen molar-refractivity contribution in [2.75, 3.05) is 17.2 Å². The molecule has 0 aliphatic carbocycles. The zero-order chi connectivity index (χ0) is 22.3. The van der Waals surface area contributed by atoms with E-state index in [0.717, 1.165) is 10.9 Å². The predicted molar refractivity (Wildman–Crippen MR) is 128 cm³/mol. The van der Waals surface area contributed by atoms with Crippen LogP contribution in [0.4, 0.5) is 11.4 Å². The zero-order valence-electron chi connectivity index (χ0n) is 17.5. The van der Waals surface area contributed by atoms with Gasteiger partial charge in [0.1, 0.15) is 5.75 Å². The maximum absolute atomic E-state index is 12.7. The summed E-state index contributed by atoms with van der Waals surface area (Å²) in [6.45, 7) is 8.04. The van der Waals surface area contributed by atoms with Gasteiger partial charge in [-0.15, -0.1) is 0 Å². The third-order valence-electron chi connectivity index (χ3n) is 3.93. The Bertz CT molecular complexity index is 941. The first-order valence-corrected chi connectivity index (χ1v) is 10.8. The van der Waals surface area contributed by atoms with Gasteiger partial charge in [0, 0.05) is 21.3 Å². The number of thiocarbonyl (C=S) groups is 1. The molecule has 0 radical (unpaired) electrons. The van der Waals surface area contributed by atoms with Crippen LogP contribution in [0.15, 0.2) is 46.9 Å². The molecule has 0 fully saturated rings. The molecular weight excluding hydrogens is 466 g/mol. The lowest BCUT2D eigenvalue weighted by atomic mass is 9.95. The van der Waals surface area contributed by atoms with Gasteiger partial charge in [-0.2, -0.15) is 0 Å². The molecule has 0 aliphatic heterocycles. The van der Waals surface area contributed by atoms with E-state index in [1.165, 1.54) is 0 Å². The molecule has 0 unspecified atom stereocenters. The highest BCUT2D eigenvalue weighted by molar-refractivity contribution is 9.10. The standard InChI is InChI=1S/C22H26BrN3O3S/c1-5-11-29-18-10-9-14(23)12-17(18)19(27)26-21(30)25-16-8-6-7-15(13-16)24-20(28)22(2,3)4/h6-10,12-13H,5,11H2,1-4H3,(H,24,28)(H2,25,26,27,30). The van der Waals surface area contributed by atoms with Gasteiger partial charge in [0.15, 0.2) is 5.11 Å². The third kappa shape index (κ3) is 7.11. The van der Waals surface area contributed by atoms with Crippen molar-refractivity contribution in [3.63, 3.8) is 0 Å². The summed E-state index contributed by atoms with van der Waals surface area (Å²) in [5, 5.41) is 8.64. The van der Waals surface area contributed by atoms with E-state index in [2.05, 4.69) is 31.9 Å². The largest absolute Gasteiger partial charge is 0.493 e. The fourth-order valence-electron chi connectivity index (χ4n) is 2.34. The Morgan fingerprint density at radius 2 is 1.73 bits per heavy atom. The van der Waals surface area contributed by atoms with Gasteiger partial charge in [-0.25, -0.2) is 0 Å². The molecule has 160 valence electrons. The summed E-state index contributed by atoms with van der Waals surface area (Å²) < 4.78 is 6.42. The fourth-order valence-corrected chi connectivity index (χ4v) is 2.92. The summed E-state index contributed by atoms with van der Waals surface area (Å²) >= 11 is 8.66. The number of hydrogen-bond donors (Lipinski definition) is 3. The monoisotopic (exact) mass is 491 g/mol. The Morgan fingerprint density at radius 1 is 1.07 bits per heavy atom.